The van der Waals surface area contributed by atoms with E-state index in [0.717, 1.165) is 4.42 Å². The second-order valence-corrected chi connectivity index (χ2v) is 4.79. The fourth-order valence-electron chi connectivity index (χ4n) is 1.72. The lowest BCUT2D eigenvalue weighted by Crippen LogP contribution is -2.42. The van der Waals surface area contributed by atoms with Crippen LogP contribution in [0.25, 0.3) is 0 Å². The van der Waals surface area contributed by atoms with Crippen LogP contribution in [0, 0.1) is 0 Å². The Morgan fingerprint density at radius 2 is 1.47 bits per heavy atom. The molecule has 0 saturated carbocycles. The zero-order valence-corrected chi connectivity index (χ0v) is 11.3. The van der Waals surface area contributed by atoms with E-state index < -0.39 is 11.0 Å². The number of nitrogens with zero attached hydrogens (tertiary/aromatic N) is 1. The number of anilines is 1. The molecule has 3 nitrogen and oxygen atoms in total. The Kier molecular flexibility index (Phi) is 3.98. The molecule has 0 radical (unpaired) electrons. The lowest BCUT2D eigenvalue weighted by Gasteiger charge is -2.31. The largest absolute Gasteiger partial charge is 0.478 e. The predicted molar refractivity (Wildman–Crippen MR) is 76.4 cm³/mol. The van der Waals surface area contributed by atoms with Crippen molar-refractivity contribution in [1.29, 1.82) is 0 Å². The summed E-state index contributed by atoms with van der Waals surface area (Å²) < 4.78 is 1.02. The van der Waals surface area contributed by atoms with E-state index in [1.165, 1.54) is 0 Å². The molecule has 19 heavy (non-hydrogen) atoms. The summed E-state index contributed by atoms with van der Waals surface area (Å²) in [6.07, 6.45) is 0. The molecule has 0 amide bonds. The molecule has 1 N–H and O–H groups in total. The second-order valence-electron chi connectivity index (χ2n) is 3.91. The highest BCUT2D eigenvalue weighted by atomic mass is 35.5. The standard InChI is InChI=1S/C14H11Cl2NO2/c15-14(13(18)19,11-7-3-1-4-8-11)17(16)12-9-5-2-6-10-12/h1-10H,(H,18,19). The zero-order valence-electron chi connectivity index (χ0n) is 9.83. The topological polar surface area (TPSA) is 40.5 Å². The van der Waals surface area contributed by atoms with Crippen molar-refractivity contribution >= 4 is 35.0 Å². The van der Waals surface area contributed by atoms with E-state index in [4.69, 9.17) is 23.4 Å². The maximum atomic E-state index is 11.6. The van der Waals surface area contributed by atoms with Crippen LogP contribution in [0.1, 0.15) is 5.56 Å². The molecule has 0 aliphatic rings. The number of aliphatic carboxylic acids is 1. The first-order chi connectivity index (χ1) is 9.06. The molecular formula is C14H11Cl2NO2. The van der Waals surface area contributed by atoms with Gasteiger partial charge in [-0.2, -0.15) is 0 Å². The molecule has 5 heteroatoms. The van der Waals surface area contributed by atoms with Gasteiger partial charge in [0.05, 0.1) is 5.69 Å². The minimum absolute atomic E-state index is 0.392. The van der Waals surface area contributed by atoms with E-state index in [-0.39, 0.29) is 0 Å². The molecule has 0 aromatic heterocycles. The molecule has 0 spiro atoms. The van der Waals surface area contributed by atoms with Crippen LogP contribution in [0.3, 0.4) is 0 Å². The minimum Gasteiger partial charge on any atom is -0.478 e. The highest BCUT2D eigenvalue weighted by Crippen LogP contribution is 2.38. The van der Waals surface area contributed by atoms with E-state index in [0.29, 0.717) is 11.3 Å². The van der Waals surface area contributed by atoms with Gasteiger partial charge in [0.1, 0.15) is 0 Å². The molecule has 0 fully saturated rings. The number of para-hydroxylation sites is 1. The van der Waals surface area contributed by atoms with E-state index in [9.17, 15) is 9.90 Å². The molecule has 1 unspecified atom stereocenters. The predicted octanol–water partition coefficient (Wildman–Crippen LogP) is 3.82. The molecule has 0 aliphatic heterocycles. The zero-order chi connectivity index (χ0) is 13.9. The van der Waals surface area contributed by atoms with Crippen LogP contribution >= 0.6 is 23.4 Å². The van der Waals surface area contributed by atoms with E-state index in [1.54, 1.807) is 54.6 Å². The number of hydrogen-bond acceptors (Lipinski definition) is 2. The Bertz CT molecular complexity index is 562. The van der Waals surface area contributed by atoms with Crippen molar-refractivity contribution in [2.24, 2.45) is 0 Å². The van der Waals surface area contributed by atoms with Crippen LogP contribution in [0.4, 0.5) is 5.69 Å². The van der Waals surface area contributed by atoms with Gasteiger partial charge in [0.2, 0.25) is 0 Å². The molecule has 1 atom stereocenters. The summed E-state index contributed by atoms with van der Waals surface area (Å²) in [5.41, 5.74) is 0.897. The summed E-state index contributed by atoms with van der Waals surface area (Å²) in [5, 5.41) is 9.46. The van der Waals surface area contributed by atoms with Gasteiger partial charge in [-0.05, 0) is 12.1 Å². The number of halogens is 2. The Hall–Kier alpha value is -1.71. The maximum absolute atomic E-state index is 11.6. The first-order valence-electron chi connectivity index (χ1n) is 5.55. The van der Waals surface area contributed by atoms with Crippen LogP contribution in [-0.2, 0) is 9.79 Å². The smallest absolute Gasteiger partial charge is 0.351 e. The van der Waals surface area contributed by atoms with Crippen molar-refractivity contribution in [2.45, 2.75) is 5.00 Å². The Morgan fingerprint density at radius 3 is 1.95 bits per heavy atom. The van der Waals surface area contributed by atoms with Gasteiger partial charge in [0, 0.05) is 17.3 Å². The average molecular weight is 296 g/mol. The van der Waals surface area contributed by atoms with Crippen molar-refractivity contribution in [3.8, 4) is 0 Å². The first kappa shape index (κ1) is 13.7. The molecule has 2 aromatic rings. The average Bonchev–Trinajstić information content (AvgIpc) is 2.47. The van der Waals surface area contributed by atoms with E-state index >= 15 is 0 Å². The number of hydrogen-bond donors (Lipinski definition) is 1. The quantitative estimate of drug-likeness (QED) is 0.529. The number of alkyl halides is 1. The molecule has 0 saturated heterocycles. The van der Waals surface area contributed by atoms with Gasteiger partial charge in [-0.1, -0.05) is 60.1 Å². The van der Waals surface area contributed by atoms with Gasteiger partial charge in [0.15, 0.2) is 0 Å². The summed E-state index contributed by atoms with van der Waals surface area (Å²) in [6, 6.07) is 17.2. The SMILES string of the molecule is O=C(O)C(Cl)(c1ccccc1)N(Cl)c1ccccc1. The van der Waals surface area contributed by atoms with Crippen LogP contribution in [0.15, 0.2) is 60.7 Å². The summed E-state index contributed by atoms with van der Waals surface area (Å²) in [7, 11) is 0. The van der Waals surface area contributed by atoms with Gasteiger partial charge < -0.3 is 5.11 Å². The van der Waals surface area contributed by atoms with Crippen LogP contribution in [0.2, 0.25) is 0 Å². The van der Waals surface area contributed by atoms with Crippen LogP contribution in [0.5, 0.6) is 0 Å². The molecule has 2 aromatic carbocycles. The van der Waals surface area contributed by atoms with Gasteiger partial charge >= 0.3 is 5.97 Å². The van der Waals surface area contributed by atoms with Crippen molar-refractivity contribution in [1.82, 2.24) is 0 Å². The third-order valence-corrected chi connectivity index (χ3v) is 3.78. The molecule has 0 aliphatic carbocycles. The summed E-state index contributed by atoms with van der Waals surface area (Å²) in [4.78, 5) is 9.72. The molecular weight excluding hydrogens is 285 g/mol. The Labute approximate surface area is 121 Å². The van der Waals surface area contributed by atoms with Crippen LogP contribution in [-0.4, -0.2) is 11.1 Å². The van der Waals surface area contributed by atoms with Gasteiger partial charge in [-0.25, -0.2) is 9.21 Å². The third-order valence-electron chi connectivity index (χ3n) is 2.69. The van der Waals surface area contributed by atoms with Gasteiger partial charge in [0.25, 0.3) is 5.00 Å². The monoisotopic (exact) mass is 295 g/mol. The Balaban J connectivity index is 2.49. The van der Waals surface area contributed by atoms with E-state index in [1.807, 2.05) is 6.07 Å². The van der Waals surface area contributed by atoms with Crippen molar-refractivity contribution in [3.05, 3.63) is 66.2 Å². The van der Waals surface area contributed by atoms with Gasteiger partial charge in [-0.3, -0.25) is 0 Å². The molecule has 0 bridgehead atoms. The lowest BCUT2D eigenvalue weighted by atomic mass is 10.1. The van der Waals surface area contributed by atoms with Crippen molar-refractivity contribution in [2.75, 3.05) is 4.42 Å². The highest BCUT2D eigenvalue weighted by Gasteiger charge is 2.44. The van der Waals surface area contributed by atoms with Gasteiger partial charge in [-0.15, -0.1) is 0 Å². The van der Waals surface area contributed by atoms with Crippen molar-refractivity contribution < 1.29 is 9.90 Å². The fourth-order valence-corrected chi connectivity index (χ4v) is 2.22. The summed E-state index contributed by atoms with van der Waals surface area (Å²) in [6.45, 7) is 0. The molecule has 2 rings (SSSR count). The maximum Gasteiger partial charge on any atom is 0.351 e. The van der Waals surface area contributed by atoms with Crippen molar-refractivity contribution in [3.63, 3.8) is 0 Å². The molecule has 98 valence electrons. The van der Waals surface area contributed by atoms with E-state index in [2.05, 4.69) is 0 Å². The number of carboxylic acid groups (broad SMARTS) is 1. The number of benzene rings is 2. The third kappa shape index (κ3) is 2.53. The first-order valence-corrected chi connectivity index (χ1v) is 6.27. The highest BCUT2D eigenvalue weighted by molar-refractivity contribution is 6.42. The van der Waals surface area contributed by atoms with Crippen LogP contribution < -0.4 is 4.42 Å². The minimum atomic E-state index is -1.86. The number of carboxylic acids is 1. The lowest BCUT2D eigenvalue weighted by molar-refractivity contribution is -0.140. The summed E-state index contributed by atoms with van der Waals surface area (Å²) in [5.74, 6) is -1.24. The normalized spacial score (nSPS) is 13.6. The Morgan fingerprint density at radius 1 is 1.00 bits per heavy atom. The second kappa shape index (κ2) is 5.51. The fraction of sp³-hybridized carbons (Fsp3) is 0.0714. The summed E-state index contributed by atoms with van der Waals surface area (Å²) >= 11 is 12.4. The number of rotatable bonds is 4. The molecule has 0 heterocycles. The number of carbonyl (C=O) groups is 1.